The molecule has 108 valence electrons. The Morgan fingerprint density at radius 1 is 1.45 bits per heavy atom. The fourth-order valence-corrected chi connectivity index (χ4v) is 2.26. The van der Waals surface area contributed by atoms with Crippen LogP contribution in [0.15, 0.2) is 30.7 Å². The molecule has 5 nitrogen and oxygen atoms in total. The zero-order chi connectivity index (χ0) is 14.4. The maximum atomic E-state index is 5.38. The summed E-state index contributed by atoms with van der Waals surface area (Å²) < 4.78 is 7.20. The average molecular weight is 274 g/mol. The Kier molecular flexibility index (Phi) is 5.12. The highest BCUT2D eigenvalue weighted by molar-refractivity contribution is 5.30. The number of rotatable bonds is 7. The van der Waals surface area contributed by atoms with E-state index in [1.807, 2.05) is 30.2 Å². The van der Waals surface area contributed by atoms with Crippen LogP contribution in [0.25, 0.3) is 0 Å². The van der Waals surface area contributed by atoms with Crippen molar-refractivity contribution in [2.75, 3.05) is 13.7 Å². The van der Waals surface area contributed by atoms with E-state index >= 15 is 0 Å². The van der Waals surface area contributed by atoms with Crippen molar-refractivity contribution in [3.63, 3.8) is 0 Å². The molecule has 0 radical (unpaired) electrons. The van der Waals surface area contributed by atoms with Crippen LogP contribution in [0.2, 0.25) is 0 Å². The Balaban J connectivity index is 2.22. The van der Waals surface area contributed by atoms with Crippen LogP contribution >= 0.6 is 0 Å². The lowest BCUT2D eigenvalue weighted by Crippen LogP contribution is -2.24. The smallest absolute Gasteiger partial charge is 0.217 e. The first-order chi connectivity index (χ1) is 9.74. The summed E-state index contributed by atoms with van der Waals surface area (Å²) in [4.78, 5) is 4.29. The van der Waals surface area contributed by atoms with Gasteiger partial charge in [0.2, 0.25) is 5.88 Å². The standard InChI is InChI=1S/C15H22N4O/c1-4-7-16-14(9-12-10-18-19(2)11-12)13-6-5-8-17-15(13)20-3/h5-6,8,10-11,14,16H,4,7,9H2,1-3H3. The molecule has 2 rings (SSSR count). The molecule has 2 aromatic rings. The van der Waals surface area contributed by atoms with Crippen molar-refractivity contribution in [3.8, 4) is 5.88 Å². The van der Waals surface area contributed by atoms with Crippen molar-refractivity contribution < 1.29 is 4.74 Å². The van der Waals surface area contributed by atoms with E-state index in [9.17, 15) is 0 Å². The average Bonchev–Trinajstić information content (AvgIpc) is 2.88. The van der Waals surface area contributed by atoms with Crippen LogP contribution in [0.1, 0.15) is 30.5 Å². The van der Waals surface area contributed by atoms with Gasteiger partial charge in [0.15, 0.2) is 0 Å². The van der Waals surface area contributed by atoms with Gasteiger partial charge in [0.1, 0.15) is 0 Å². The molecule has 0 aliphatic carbocycles. The third-order valence-corrected chi connectivity index (χ3v) is 3.21. The Morgan fingerprint density at radius 2 is 2.30 bits per heavy atom. The summed E-state index contributed by atoms with van der Waals surface area (Å²) in [6.07, 6.45) is 7.66. The number of ether oxygens (including phenoxy) is 1. The van der Waals surface area contributed by atoms with Gasteiger partial charge in [-0.1, -0.05) is 13.0 Å². The van der Waals surface area contributed by atoms with E-state index in [2.05, 4.69) is 28.4 Å². The molecule has 0 saturated heterocycles. The van der Waals surface area contributed by atoms with E-state index in [-0.39, 0.29) is 6.04 Å². The van der Waals surface area contributed by atoms with Crippen molar-refractivity contribution in [2.45, 2.75) is 25.8 Å². The molecule has 20 heavy (non-hydrogen) atoms. The number of aryl methyl sites for hydroxylation is 1. The Morgan fingerprint density at radius 3 is 2.95 bits per heavy atom. The molecule has 5 heteroatoms. The molecule has 0 fully saturated rings. The number of nitrogens with one attached hydrogen (secondary N) is 1. The minimum Gasteiger partial charge on any atom is -0.481 e. The fraction of sp³-hybridized carbons (Fsp3) is 0.467. The van der Waals surface area contributed by atoms with Crippen LogP contribution in [0.5, 0.6) is 5.88 Å². The second-order valence-electron chi connectivity index (χ2n) is 4.83. The van der Waals surface area contributed by atoms with E-state index < -0.39 is 0 Å². The van der Waals surface area contributed by atoms with E-state index in [1.165, 1.54) is 5.56 Å². The van der Waals surface area contributed by atoms with E-state index in [0.717, 1.165) is 24.9 Å². The van der Waals surface area contributed by atoms with Gasteiger partial charge < -0.3 is 10.1 Å². The van der Waals surface area contributed by atoms with Gasteiger partial charge in [-0.15, -0.1) is 0 Å². The van der Waals surface area contributed by atoms with Crippen LogP contribution in [-0.4, -0.2) is 28.4 Å². The molecule has 0 aliphatic rings. The summed E-state index contributed by atoms with van der Waals surface area (Å²) in [5, 5.41) is 7.79. The minimum atomic E-state index is 0.183. The van der Waals surface area contributed by atoms with Crippen molar-refractivity contribution in [2.24, 2.45) is 7.05 Å². The highest BCUT2D eigenvalue weighted by Crippen LogP contribution is 2.25. The molecule has 1 unspecified atom stereocenters. The quantitative estimate of drug-likeness (QED) is 0.840. The van der Waals surface area contributed by atoms with Crippen LogP contribution in [0.4, 0.5) is 0 Å². The number of nitrogens with zero attached hydrogens (tertiary/aromatic N) is 3. The number of hydrogen-bond acceptors (Lipinski definition) is 4. The zero-order valence-electron chi connectivity index (χ0n) is 12.3. The molecule has 1 atom stereocenters. The molecule has 0 aromatic carbocycles. The lowest BCUT2D eigenvalue weighted by Gasteiger charge is -2.20. The van der Waals surface area contributed by atoms with Gasteiger partial charge >= 0.3 is 0 Å². The summed E-state index contributed by atoms with van der Waals surface area (Å²) >= 11 is 0. The van der Waals surface area contributed by atoms with Crippen molar-refractivity contribution in [1.82, 2.24) is 20.1 Å². The Bertz CT molecular complexity index is 538. The Labute approximate surface area is 120 Å². The third-order valence-electron chi connectivity index (χ3n) is 3.21. The summed E-state index contributed by atoms with van der Waals surface area (Å²) in [6.45, 7) is 3.12. The van der Waals surface area contributed by atoms with Gasteiger partial charge in [-0.2, -0.15) is 5.10 Å². The summed E-state index contributed by atoms with van der Waals surface area (Å²) in [6, 6.07) is 4.19. The highest BCUT2D eigenvalue weighted by atomic mass is 16.5. The highest BCUT2D eigenvalue weighted by Gasteiger charge is 2.17. The van der Waals surface area contributed by atoms with Gasteiger partial charge in [-0.3, -0.25) is 4.68 Å². The van der Waals surface area contributed by atoms with Crippen molar-refractivity contribution in [1.29, 1.82) is 0 Å². The number of hydrogen-bond donors (Lipinski definition) is 1. The van der Waals surface area contributed by atoms with Gasteiger partial charge in [-0.25, -0.2) is 4.98 Å². The monoisotopic (exact) mass is 274 g/mol. The molecule has 0 bridgehead atoms. The number of pyridine rings is 1. The second-order valence-corrected chi connectivity index (χ2v) is 4.83. The zero-order valence-corrected chi connectivity index (χ0v) is 12.3. The van der Waals surface area contributed by atoms with Crippen LogP contribution in [0.3, 0.4) is 0 Å². The third kappa shape index (κ3) is 3.57. The first-order valence-corrected chi connectivity index (χ1v) is 6.94. The van der Waals surface area contributed by atoms with Gasteiger partial charge in [0.05, 0.1) is 13.3 Å². The normalized spacial score (nSPS) is 12.3. The lowest BCUT2D eigenvalue weighted by atomic mass is 10.0. The fourth-order valence-electron chi connectivity index (χ4n) is 2.26. The maximum Gasteiger partial charge on any atom is 0.217 e. The summed E-state index contributed by atoms with van der Waals surface area (Å²) in [7, 11) is 3.59. The van der Waals surface area contributed by atoms with E-state index in [1.54, 1.807) is 13.3 Å². The van der Waals surface area contributed by atoms with Crippen LogP contribution < -0.4 is 10.1 Å². The second kappa shape index (κ2) is 7.05. The van der Waals surface area contributed by atoms with Gasteiger partial charge in [-0.05, 0) is 31.0 Å². The van der Waals surface area contributed by atoms with Gasteiger partial charge in [0, 0.05) is 31.0 Å². The lowest BCUT2D eigenvalue weighted by molar-refractivity contribution is 0.381. The molecular formula is C15H22N4O. The SMILES string of the molecule is CCCNC(Cc1cnn(C)c1)c1cccnc1OC. The topological polar surface area (TPSA) is 52.0 Å². The molecule has 0 amide bonds. The molecule has 2 aromatic heterocycles. The minimum absolute atomic E-state index is 0.183. The van der Waals surface area contributed by atoms with Gasteiger partial charge in [0.25, 0.3) is 0 Å². The first-order valence-electron chi connectivity index (χ1n) is 6.94. The molecule has 2 heterocycles. The van der Waals surface area contributed by atoms with Crippen LogP contribution in [0, 0.1) is 0 Å². The predicted molar refractivity (Wildman–Crippen MR) is 78.7 cm³/mol. The maximum absolute atomic E-state index is 5.38. The van der Waals surface area contributed by atoms with Crippen LogP contribution in [-0.2, 0) is 13.5 Å². The summed E-state index contributed by atoms with van der Waals surface area (Å²) in [5.74, 6) is 0.685. The first kappa shape index (κ1) is 14.5. The molecule has 0 aliphatic heterocycles. The number of methoxy groups -OCH3 is 1. The largest absolute Gasteiger partial charge is 0.481 e. The molecule has 0 saturated carbocycles. The molecule has 0 spiro atoms. The van der Waals surface area contributed by atoms with Crippen molar-refractivity contribution in [3.05, 3.63) is 41.9 Å². The van der Waals surface area contributed by atoms with E-state index in [4.69, 9.17) is 4.74 Å². The summed E-state index contributed by atoms with van der Waals surface area (Å²) in [5.41, 5.74) is 2.29. The molecule has 1 N–H and O–H groups in total. The van der Waals surface area contributed by atoms with E-state index in [0.29, 0.717) is 5.88 Å². The van der Waals surface area contributed by atoms with Crippen molar-refractivity contribution >= 4 is 0 Å². The molecular weight excluding hydrogens is 252 g/mol. The number of aromatic nitrogens is 3. The Hall–Kier alpha value is -1.88. The predicted octanol–water partition coefficient (Wildman–Crippen LogP) is 2.11.